The van der Waals surface area contributed by atoms with E-state index in [4.69, 9.17) is 0 Å². The van der Waals surface area contributed by atoms with Crippen LogP contribution in [0.2, 0.25) is 0 Å². The number of nitrogens with one attached hydrogen (secondary N) is 2. The van der Waals surface area contributed by atoms with Gasteiger partial charge in [0.25, 0.3) is 0 Å². The molecular weight excluding hydrogens is 560 g/mol. The first-order valence-corrected chi connectivity index (χ1v) is 14.8. The minimum atomic E-state index is -4.59. The van der Waals surface area contributed by atoms with Crippen LogP contribution in [0, 0.1) is 13.8 Å². The number of hydroxylamine groups is 2. The van der Waals surface area contributed by atoms with Gasteiger partial charge in [-0.3, -0.25) is 19.3 Å². The first-order chi connectivity index (χ1) is 16.6. The fourth-order valence-corrected chi connectivity index (χ4v) is 5.27. The highest BCUT2D eigenvalue weighted by Gasteiger charge is 2.04. The Balaban J connectivity index is 0.000000517. The molecule has 0 spiro atoms. The summed E-state index contributed by atoms with van der Waals surface area (Å²) in [5, 5.41) is 2.06. The van der Waals surface area contributed by atoms with Gasteiger partial charge < -0.3 is 9.11 Å². The molecule has 0 bridgehead atoms. The largest absolute Gasteiger partial charge is 0.748 e. The summed E-state index contributed by atoms with van der Waals surface area (Å²) >= 11 is 3.23. The van der Waals surface area contributed by atoms with Crippen molar-refractivity contribution in [3.05, 3.63) is 32.2 Å². The number of rotatable bonds is 11. The number of hydrogen-bond donors (Lipinski definition) is 2. The third-order valence-electron chi connectivity index (χ3n) is 3.55. The zero-order valence-electron chi connectivity index (χ0n) is 20.0. The monoisotopic (exact) mass is 588 g/mol. The molecule has 18 heteroatoms. The minimum absolute atomic E-state index is 0.103. The second kappa shape index (κ2) is 17.4. The number of thiazole rings is 2. The highest BCUT2D eigenvalue weighted by molar-refractivity contribution is 7.89. The molecule has 2 amide bonds. The van der Waals surface area contributed by atoms with E-state index >= 15 is 0 Å². The molecule has 206 valence electrons. The lowest BCUT2D eigenvalue weighted by Crippen LogP contribution is -2.21. The zero-order valence-corrected chi connectivity index (χ0v) is 23.3. The van der Waals surface area contributed by atoms with E-state index in [1.165, 1.54) is 14.2 Å². The average Bonchev–Trinajstić information content (AvgIpc) is 3.37. The summed E-state index contributed by atoms with van der Waals surface area (Å²) in [7, 11) is -6.32. The number of nitrogens with zero attached hydrogens (tertiary/aromatic N) is 2. The number of hydrogen-bond acceptors (Lipinski definition) is 14. The van der Waals surface area contributed by atoms with Gasteiger partial charge in [0, 0.05) is 35.0 Å². The molecule has 2 N–H and O–H groups in total. The fraction of sp³-hybridized carbons (Fsp3) is 0.556. The van der Waals surface area contributed by atoms with E-state index in [2.05, 4.69) is 30.6 Å². The summed E-state index contributed by atoms with van der Waals surface area (Å²) in [6, 6.07) is 0. The van der Waals surface area contributed by atoms with Gasteiger partial charge >= 0.3 is 0 Å². The Labute approximate surface area is 217 Å². The van der Waals surface area contributed by atoms with E-state index in [0.29, 0.717) is 12.8 Å². The van der Waals surface area contributed by atoms with Crippen LogP contribution in [-0.4, -0.2) is 73.4 Å². The molecule has 0 saturated carbocycles. The van der Waals surface area contributed by atoms with E-state index in [0.717, 1.165) is 32.6 Å². The molecular formula is C18H28N4O10S4-2. The highest BCUT2D eigenvalue weighted by atomic mass is 32.2. The molecule has 0 atom stereocenters. The Bertz CT molecular complexity index is 1060. The molecule has 0 aliphatic heterocycles. The molecule has 2 aromatic rings. The van der Waals surface area contributed by atoms with Crippen molar-refractivity contribution in [2.45, 2.75) is 39.5 Å². The smallest absolute Gasteiger partial charge is 0.243 e. The number of aryl methyl sites for hydroxylation is 4. The number of carbonyl (C=O) groups is 2. The minimum Gasteiger partial charge on any atom is -0.748 e. The van der Waals surface area contributed by atoms with Crippen LogP contribution in [-0.2, 0) is 52.3 Å². The molecule has 0 aliphatic rings. The molecule has 36 heavy (non-hydrogen) atoms. The summed E-state index contributed by atoms with van der Waals surface area (Å²) in [5.74, 6) is -2.51. The lowest BCUT2D eigenvalue weighted by Gasteiger charge is -2.08. The van der Waals surface area contributed by atoms with E-state index in [-0.39, 0.29) is 11.8 Å². The normalized spacial score (nSPS) is 10.9. The third-order valence-corrected chi connectivity index (χ3v) is 7.16. The standard InChI is InChI=1S/2C8H12N2O2S.C2H6O6S2/c2*1-6-9-5-7(13-6)3-4-8(11)10-12-2;3-9(4,5)1-2-10(6,7)8/h2*5H,3-4H2,1-2H3,(H,10,11);1-2H2,(H,3,4,5)(H,6,7,8)/p-2. The summed E-state index contributed by atoms with van der Waals surface area (Å²) < 4.78 is 58.3. The summed E-state index contributed by atoms with van der Waals surface area (Å²) in [6.07, 6.45) is 5.94. The lowest BCUT2D eigenvalue weighted by molar-refractivity contribution is -0.131. The highest BCUT2D eigenvalue weighted by Crippen LogP contribution is 2.13. The Morgan fingerprint density at radius 3 is 1.36 bits per heavy atom. The van der Waals surface area contributed by atoms with Gasteiger partial charge in [-0.25, -0.2) is 37.8 Å². The molecule has 0 fully saturated rings. The third kappa shape index (κ3) is 20.2. The number of aromatic nitrogens is 2. The van der Waals surface area contributed by atoms with Crippen LogP contribution < -0.4 is 11.0 Å². The summed E-state index contributed by atoms with van der Waals surface area (Å²) in [4.78, 5) is 41.4. The molecule has 0 aliphatic carbocycles. The van der Waals surface area contributed by atoms with Crippen LogP contribution in [0.5, 0.6) is 0 Å². The van der Waals surface area contributed by atoms with Gasteiger partial charge in [0.05, 0.1) is 56.0 Å². The van der Waals surface area contributed by atoms with Crippen LogP contribution in [0.15, 0.2) is 12.4 Å². The molecule has 14 nitrogen and oxygen atoms in total. The predicted molar refractivity (Wildman–Crippen MR) is 130 cm³/mol. The zero-order chi connectivity index (χ0) is 27.8. The van der Waals surface area contributed by atoms with Gasteiger partial charge in [0.1, 0.15) is 0 Å². The summed E-state index contributed by atoms with van der Waals surface area (Å²) in [5.41, 5.74) is 4.54. The van der Waals surface area contributed by atoms with Crippen LogP contribution >= 0.6 is 22.7 Å². The Kier molecular flexibility index (Phi) is 16.4. The van der Waals surface area contributed by atoms with Gasteiger partial charge in [-0.2, -0.15) is 0 Å². The van der Waals surface area contributed by atoms with Gasteiger partial charge in [-0.15, -0.1) is 22.7 Å². The molecule has 0 unspecified atom stereocenters. The molecule has 2 aromatic heterocycles. The van der Waals surface area contributed by atoms with Crippen molar-refractivity contribution in [1.82, 2.24) is 20.9 Å². The van der Waals surface area contributed by atoms with E-state index in [1.54, 1.807) is 35.1 Å². The van der Waals surface area contributed by atoms with Crippen molar-refractivity contribution in [3.8, 4) is 0 Å². The Morgan fingerprint density at radius 2 is 1.14 bits per heavy atom. The predicted octanol–water partition coefficient (Wildman–Crippen LogP) is 0.200. The van der Waals surface area contributed by atoms with E-state index in [9.17, 15) is 35.5 Å². The first-order valence-electron chi connectivity index (χ1n) is 9.98. The molecule has 0 aromatic carbocycles. The van der Waals surface area contributed by atoms with Crippen LogP contribution in [0.3, 0.4) is 0 Å². The SMILES string of the molecule is CONC(=O)CCc1cnc(C)s1.CONC(=O)CCc1cnc(C)s1.O=S(=O)([O-])CCS(=O)(=O)[O-]. The van der Waals surface area contributed by atoms with Crippen molar-refractivity contribution < 1.29 is 45.2 Å². The average molecular weight is 589 g/mol. The van der Waals surface area contributed by atoms with E-state index < -0.39 is 31.7 Å². The second-order valence-corrected chi connectivity index (χ2v) is 12.4. The van der Waals surface area contributed by atoms with Crippen molar-refractivity contribution >= 4 is 54.7 Å². The quantitative estimate of drug-likeness (QED) is 0.266. The van der Waals surface area contributed by atoms with Crippen molar-refractivity contribution in [2.24, 2.45) is 0 Å². The van der Waals surface area contributed by atoms with Gasteiger partial charge in [-0.1, -0.05) is 0 Å². The molecule has 0 saturated heterocycles. The van der Waals surface area contributed by atoms with Gasteiger partial charge in [-0.05, 0) is 26.7 Å². The van der Waals surface area contributed by atoms with Crippen LogP contribution in [0.25, 0.3) is 0 Å². The Morgan fingerprint density at radius 1 is 0.806 bits per heavy atom. The number of carbonyl (C=O) groups excluding carboxylic acids is 2. The fourth-order valence-electron chi connectivity index (χ4n) is 2.05. The molecule has 2 rings (SSSR count). The maximum atomic E-state index is 11.0. The van der Waals surface area contributed by atoms with Crippen molar-refractivity contribution in [1.29, 1.82) is 0 Å². The maximum Gasteiger partial charge on any atom is 0.243 e. The molecule has 2 heterocycles. The topological polar surface area (TPSA) is 217 Å². The van der Waals surface area contributed by atoms with Crippen LogP contribution in [0.1, 0.15) is 32.6 Å². The van der Waals surface area contributed by atoms with Crippen molar-refractivity contribution in [3.63, 3.8) is 0 Å². The van der Waals surface area contributed by atoms with Crippen LogP contribution in [0.4, 0.5) is 0 Å². The van der Waals surface area contributed by atoms with Crippen molar-refractivity contribution in [2.75, 3.05) is 25.7 Å². The second-order valence-electron chi connectivity index (χ2n) is 6.67. The summed E-state index contributed by atoms with van der Waals surface area (Å²) in [6.45, 7) is 3.90. The first kappa shape index (κ1) is 33.9. The van der Waals surface area contributed by atoms with E-state index in [1.807, 2.05) is 13.8 Å². The molecule has 0 radical (unpaired) electrons. The maximum absolute atomic E-state index is 11.0. The number of amides is 2. The van der Waals surface area contributed by atoms with Gasteiger partial charge in [0.2, 0.25) is 11.8 Å². The van der Waals surface area contributed by atoms with Gasteiger partial charge in [0.15, 0.2) is 0 Å². The lowest BCUT2D eigenvalue weighted by atomic mass is 10.3. The Hall–Kier alpha value is -2.06.